The van der Waals surface area contributed by atoms with Gasteiger partial charge in [-0.25, -0.2) is 19.7 Å². The Kier molecular flexibility index (Phi) is 18.6. The molecule has 0 unspecified atom stereocenters. The van der Waals surface area contributed by atoms with Crippen LogP contribution in [0.1, 0.15) is 77.6 Å². The van der Waals surface area contributed by atoms with Gasteiger partial charge in [0.25, 0.3) is 0 Å². The lowest BCUT2D eigenvalue weighted by Crippen LogP contribution is -2.08. The highest BCUT2D eigenvalue weighted by atomic mass is 19.3. The van der Waals surface area contributed by atoms with Gasteiger partial charge in [0.15, 0.2) is 34.5 Å². The molecule has 4 aromatic heterocycles. The van der Waals surface area contributed by atoms with Crippen LogP contribution < -0.4 is 24.7 Å². The fraction of sp³-hybridized carbons (Fsp3) is 0.333. The summed E-state index contributed by atoms with van der Waals surface area (Å²) in [5, 5.41) is 8.50. The first kappa shape index (κ1) is 48.8. The monoisotopic (exact) mass is 879 g/mol. The number of rotatable bonds is 18. The molecule has 0 aliphatic heterocycles. The molecule has 3 N–H and O–H groups in total. The van der Waals surface area contributed by atoms with Crippen LogP contribution in [0.4, 0.5) is 17.6 Å². The lowest BCUT2D eigenvalue weighted by Gasteiger charge is -2.14. The summed E-state index contributed by atoms with van der Waals surface area (Å²) in [6.07, 6.45) is 6.63. The van der Waals surface area contributed by atoms with E-state index in [0.29, 0.717) is 65.2 Å². The van der Waals surface area contributed by atoms with Crippen molar-refractivity contribution in [2.24, 2.45) is 17.6 Å². The first-order valence-corrected chi connectivity index (χ1v) is 19.7. The predicted molar refractivity (Wildman–Crippen MR) is 223 cm³/mol. The molecule has 63 heavy (non-hydrogen) atoms. The largest absolute Gasteiger partial charge is 0.489 e. The number of aryl methyl sites for hydroxylation is 3. The number of pyridine rings is 2. The van der Waals surface area contributed by atoms with E-state index in [2.05, 4.69) is 29.4 Å². The molecule has 0 radical (unpaired) electrons. The molecule has 0 aliphatic rings. The van der Waals surface area contributed by atoms with Crippen LogP contribution in [0.15, 0.2) is 94.4 Å². The van der Waals surface area contributed by atoms with Crippen molar-refractivity contribution >= 4 is 11.8 Å². The number of aromatic carboxylic acids is 1. The second-order valence-electron chi connectivity index (χ2n) is 14.5. The van der Waals surface area contributed by atoms with E-state index in [1.54, 1.807) is 55.6 Å². The van der Waals surface area contributed by atoms with Crippen LogP contribution in [0.5, 0.6) is 23.0 Å². The average Bonchev–Trinajstić information content (AvgIpc) is 3.93. The second-order valence-corrected chi connectivity index (χ2v) is 14.5. The van der Waals surface area contributed by atoms with Gasteiger partial charge in [0.1, 0.15) is 18.2 Å². The maximum atomic E-state index is 12.7. The molecule has 0 aliphatic carbocycles. The number of carbonyl (C=O) groups is 2. The summed E-state index contributed by atoms with van der Waals surface area (Å²) in [6.45, 7) is 6.48. The molecule has 14 nitrogen and oxygen atoms in total. The van der Waals surface area contributed by atoms with Gasteiger partial charge in [0.2, 0.25) is 11.8 Å². The number of alkyl halides is 4. The Labute approximate surface area is 361 Å². The zero-order valence-corrected chi connectivity index (χ0v) is 35.5. The van der Waals surface area contributed by atoms with Crippen molar-refractivity contribution in [1.82, 2.24) is 19.9 Å². The minimum Gasteiger partial charge on any atom is -0.489 e. The van der Waals surface area contributed by atoms with Crippen molar-refractivity contribution in [2.75, 3.05) is 13.2 Å². The zero-order valence-electron chi connectivity index (χ0n) is 35.5. The molecule has 4 heterocycles. The van der Waals surface area contributed by atoms with E-state index in [1.165, 1.54) is 30.9 Å². The Bertz CT molecular complexity index is 2390. The summed E-state index contributed by atoms with van der Waals surface area (Å²) in [4.78, 5) is 39.2. The van der Waals surface area contributed by atoms with E-state index in [4.69, 9.17) is 29.1 Å². The third-order valence-electron chi connectivity index (χ3n) is 8.36. The molecular weight excluding hydrogens is 831 g/mol. The standard InChI is InChI=1S/C23H24F2N2O4.C15H18F2N2O3.C7H7NO2/c1-14(2)12-29-20-11-16(6-9-19(20)31-23(24)25)22-27-17(13-30-22)7-8-18(28)21-15(3)5-4-10-26-21;1-9(2)7-20-13-5-10(3-4-12(13)22-15(16)17)14-19-11(6-18)8-21-14;1-5-3-2-4-8-6(5)7(9)10/h4-6,9-11,13-14,23H,7-8,12H2,1-3H3;3-5,8-9,15H,6-7,18H2,1-2H3;2-4H,1H3,(H,9,10). The third-order valence-corrected chi connectivity index (χ3v) is 8.36. The van der Waals surface area contributed by atoms with E-state index < -0.39 is 19.2 Å². The first-order valence-electron chi connectivity index (χ1n) is 19.7. The van der Waals surface area contributed by atoms with Gasteiger partial charge in [-0.2, -0.15) is 17.6 Å². The quantitative estimate of drug-likeness (QED) is 0.0611. The van der Waals surface area contributed by atoms with Crippen LogP contribution >= 0.6 is 0 Å². The highest BCUT2D eigenvalue weighted by molar-refractivity contribution is 5.95. The Morgan fingerprint density at radius 3 is 1.54 bits per heavy atom. The summed E-state index contributed by atoms with van der Waals surface area (Å²) < 4.78 is 81.3. The molecule has 6 rings (SSSR count). The molecule has 336 valence electrons. The summed E-state index contributed by atoms with van der Waals surface area (Å²) in [7, 11) is 0. The van der Waals surface area contributed by atoms with Crippen molar-refractivity contribution < 1.29 is 60.0 Å². The number of carboxylic acid groups (broad SMARTS) is 1. The van der Waals surface area contributed by atoms with E-state index in [-0.39, 0.29) is 59.3 Å². The van der Waals surface area contributed by atoms with E-state index in [9.17, 15) is 27.2 Å². The summed E-state index contributed by atoms with van der Waals surface area (Å²) in [5.41, 5.74) is 9.94. The highest BCUT2D eigenvalue weighted by Crippen LogP contribution is 2.35. The number of ketones is 1. The SMILES string of the molecule is CC(C)COc1cc(-c2nc(CN)co2)ccc1OC(F)F.Cc1cccnc1C(=O)CCc1coc(-c2ccc(OC(F)F)c(OCC(C)C)c2)n1.Cc1cccnc1C(=O)O. The number of halogens is 4. The molecule has 0 spiro atoms. The number of Topliss-reactive ketones (excluding diaryl/α,β-unsaturated/α-hetero) is 1. The Hall–Kier alpha value is -6.82. The van der Waals surface area contributed by atoms with Crippen LogP contribution in [0.3, 0.4) is 0 Å². The molecule has 18 heteroatoms. The van der Waals surface area contributed by atoms with Crippen LogP contribution in [0, 0.1) is 25.7 Å². The number of ether oxygens (including phenoxy) is 4. The summed E-state index contributed by atoms with van der Waals surface area (Å²) in [6, 6.07) is 16.1. The van der Waals surface area contributed by atoms with Crippen molar-refractivity contribution in [3.8, 4) is 45.9 Å². The van der Waals surface area contributed by atoms with Gasteiger partial charge in [-0.05, 0) is 85.3 Å². The number of nitrogens with zero attached hydrogens (tertiary/aromatic N) is 4. The van der Waals surface area contributed by atoms with Gasteiger partial charge in [0.05, 0.1) is 24.6 Å². The summed E-state index contributed by atoms with van der Waals surface area (Å²) >= 11 is 0. The molecular formula is C45H49F4N5O9. The lowest BCUT2D eigenvalue weighted by molar-refractivity contribution is -0.0522. The van der Waals surface area contributed by atoms with Crippen LogP contribution in [-0.4, -0.2) is 63.2 Å². The number of hydrogen-bond donors (Lipinski definition) is 2. The van der Waals surface area contributed by atoms with Crippen molar-refractivity contribution in [2.45, 2.75) is 74.2 Å². The van der Waals surface area contributed by atoms with Gasteiger partial charge >= 0.3 is 19.2 Å². The Balaban J connectivity index is 0.000000235. The van der Waals surface area contributed by atoms with Crippen LogP contribution in [0.2, 0.25) is 0 Å². The Morgan fingerprint density at radius 2 is 1.14 bits per heavy atom. The second kappa shape index (κ2) is 24.0. The molecule has 0 bridgehead atoms. The maximum absolute atomic E-state index is 12.7. The number of benzene rings is 2. The van der Waals surface area contributed by atoms with Crippen molar-refractivity contribution in [1.29, 1.82) is 0 Å². The number of oxazole rings is 2. The molecule has 0 atom stereocenters. The van der Waals surface area contributed by atoms with Crippen molar-refractivity contribution in [3.63, 3.8) is 0 Å². The van der Waals surface area contributed by atoms with Gasteiger partial charge in [0, 0.05) is 42.9 Å². The highest BCUT2D eigenvalue weighted by Gasteiger charge is 2.18. The van der Waals surface area contributed by atoms with Crippen LogP contribution in [0.25, 0.3) is 22.9 Å². The lowest BCUT2D eigenvalue weighted by atomic mass is 10.1. The molecule has 0 fully saturated rings. The zero-order chi connectivity index (χ0) is 46.1. The minimum atomic E-state index is -2.96. The average molecular weight is 880 g/mol. The molecule has 0 saturated carbocycles. The number of hydrogen-bond acceptors (Lipinski definition) is 13. The number of aromatic nitrogens is 4. The summed E-state index contributed by atoms with van der Waals surface area (Å²) in [5.74, 6) is 0.385. The van der Waals surface area contributed by atoms with Crippen LogP contribution in [-0.2, 0) is 13.0 Å². The van der Waals surface area contributed by atoms with E-state index in [0.717, 1.165) is 5.56 Å². The maximum Gasteiger partial charge on any atom is 0.387 e. The molecule has 0 amide bonds. The van der Waals surface area contributed by atoms with Gasteiger partial charge in [-0.1, -0.05) is 39.8 Å². The van der Waals surface area contributed by atoms with Gasteiger partial charge in [-0.15, -0.1) is 0 Å². The van der Waals surface area contributed by atoms with E-state index in [1.807, 2.05) is 40.7 Å². The fourth-order valence-electron chi connectivity index (χ4n) is 5.34. The predicted octanol–water partition coefficient (Wildman–Crippen LogP) is 10.0. The number of carboxylic acids is 1. The fourth-order valence-corrected chi connectivity index (χ4v) is 5.34. The normalized spacial score (nSPS) is 10.9. The van der Waals surface area contributed by atoms with Crippen molar-refractivity contribution in [3.05, 3.63) is 119 Å². The number of carbonyl (C=O) groups excluding carboxylic acids is 1. The van der Waals surface area contributed by atoms with E-state index >= 15 is 0 Å². The van der Waals surface area contributed by atoms with Gasteiger partial charge in [-0.3, -0.25) is 9.78 Å². The minimum absolute atomic E-state index is 0.0231. The van der Waals surface area contributed by atoms with Gasteiger partial charge < -0.3 is 38.6 Å². The molecule has 0 saturated heterocycles. The molecule has 2 aromatic carbocycles. The smallest absolute Gasteiger partial charge is 0.387 e. The third kappa shape index (κ3) is 15.5. The topological polar surface area (TPSA) is 195 Å². The molecule has 6 aromatic rings. The Morgan fingerprint density at radius 1 is 0.683 bits per heavy atom. The first-order chi connectivity index (χ1) is 30.0. The number of nitrogens with two attached hydrogens (primary N) is 1.